The largest absolute Gasteiger partial charge is 0.507 e. The van der Waals surface area contributed by atoms with Gasteiger partial charge < -0.3 is 9.84 Å². The summed E-state index contributed by atoms with van der Waals surface area (Å²) < 4.78 is 6.07. The van der Waals surface area contributed by atoms with Crippen molar-refractivity contribution in [3.8, 4) is 11.5 Å². The first-order valence-electron chi connectivity index (χ1n) is 12.3. The Kier molecular flexibility index (Phi) is 7.17. The summed E-state index contributed by atoms with van der Waals surface area (Å²) in [6.45, 7) is 28.9. The zero-order chi connectivity index (χ0) is 25.7. The Balaban J connectivity index is 2.94. The molecular weight excluding hydrogens is 404 g/mol. The van der Waals surface area contributed by atoms with Gasteiger partial charge in [0.15, 0.2) is 0 Å². The van der Waals surface area contributed by atoms with Crippen molar-refractivity contribution in [2.75, 3.05) is 7.11 Å². The molecule has 0 spiro atoms. The molecule has 2 heteroatoms. The highest BCUT2D eigenvalue weighted by atomic mass is 16.5. The SMILES string of the molecule is COc1c(C(C)c2cc(C(C)(C)C)cc(C(C)(C)C)c2O)cc(C(C)(C)C)cc1C(C)(C)C. The average molecular weight is 453 g/mol. The summed E-state index contributed by atoms with van der Waals surface area (Å²) in [5.41, 5.74) is 6.61. The normalized spacial score (nSPS) is 14.4. The number of benzene rings is 2. The fourth-order valence-corrected chi connectivity index (χ4v) is 4.35. The van der Waals surface area contributed by atoms with E-state index in [2.05, 4.69) is 114 Å². The zero-order valence-corrected chi connectivity index (χ0v) is 23.7. The first kappa shape index (κ1) is 27.3. The molecule has 0 aliphatic heterocycles. The number of methoxy groups -OCH3 is 1. The first-order valence-corrected chi connectivity index (χ1v) is 12.3. The third kappa shape index (κ3) is 5.76. The van der Waals surface area contributed by atoms with Crippen LogP contribution in [0.5, 0.6) is 11.5 Å². The van der Waals surface area contributed by atoms with E-state index in [-0.39, 0.29) is 27.6 Å². The minimum Gasteiger partial charge on any atom is -0.507 e. The Morgan fingerprint density at radius 2 is 1.00 bits per heavy atom. The van der Waals surface area contributed by atoms with Crippen molar-refractivity contribution >= 4 is 0 Å². The second-order valence-electron chi connectivity index (χ2n) is 13.8. The molecule has 0 fully saturated rings. The van der Waals surface area contributed by atoms with Crippen LogP contribution in [-0.2, 0) is 21.7 Å². The summed E-state index contributed by atoms with van der Waals surface area (Å²) in [5.74, 6) is 1.32. The van der Waals surface area contributed by atoms with Gasteiger partial charge in [-0.3, -0.25) is 0 Å². The molecule has 0 heterocycles. The van der Waals surface area contributed by atoms with Crippen LogP contribution in [0.15, 0.2) is 24.3 Å². The third-order valence-electron chi connectivity index (χ3n) is 6.74. The molecule has 0 aliphatic rings. The number of aromatic hydroxyl groups is 1. The summed E-state index contributed by atoms with van der Waals surface area (Å²) in [6, 6.07) is 8.99. The standard InChI is InChI=1S/C31H48O2/c1-19(22-15-20(28(2,3)4)17-24(26(22)32)30(8,9)10)23-16-21(29(5,6)7)18-25(27(23)33-14)31(11,12)13/h15-19,32H,1-14H3. The fourth-order valence-electron chi connectivity index (χ4n) is 4.35. The van der Waals surface area contributed by atoms with E-state index in [0.717, 1.165) is 22.4 Å². The Morgan fingerprint density at radius 3 is 1.36 bits per heavy atom. The molecule has 0 amide bonds. The number of phenols is 1. The molecule has 0 radical (unpaired) electrons. The van der Waals surface area contributed by atoms with Gasteiger partial charge in [0.25, 0.3) is 0 Å². The second kappa shape index (κ2) is 8.67. The molecule has 0 bridgehead atoms. The maximum absolute atomic E-state index is 11.5. The molecule has 1 atom stereocenters. The smallest absolute Gasteiger partial charge is 0.126 e. The van der Waals surface area contributed by atoms with E-state index < -0.39 is 0 Å². The summed E-state index contributed by atoms with van der Waals surface area (Å²) in [6.07, 6.45) is 0. The number of hydrogen-bond acceptors (Lipinski definition) is 2. The van der Waals surface area contributed by atoms with Gasteiger partial charge in [-0.1, -0.05) is 114 Å². The molecule has 0 saturated carbocycles. The van der Waals surface area contributed by atoms with Gasteiger partial charge in [-0.15, -0.1) is 0 Å². The Bertz CT molecular complexity index is 1000. The summed E-state index contributed by atoms with van der Waals surface area (Å²) in [4.78, 5) is 0. The van der Waals surface area contributed by atoms with Crippen LogP contribution < -0.4 is 4.74 Å². The van der Waals surface area contributed by atoms with Crippen molar-refractivity contribution in [2.45, 2.75) is 118 Å². The van der Waals surface area contributed by atoms with E-state index in [1.807, 2.05) is 0 Å². The minimum absolute atomic E-state index is 0.00656. The van der Waals surface area contributed by atoms with Crippen molar-refractivity contribution in [2.24, 2.45) is 0 Å². The van der Waals surface area contributed by atoms with Gasteiger partial charge >= 0.3 is 0 Å². The van der Waals surface area contributed by atoms with Crippen LogP contribution in [0.1, 0.15) is 129 Å². The molecule has 184 valence electrons. The van der Waals surface area contributed by atoms with Crippen molar-refractivity contribution < 1.29 is 9.84 Å². The predicted molar refractivity (Wildman–Crippen MR) is 143 cm³/mol. The van der Waals surface area contributed by atoms with Crippen LogP contribution in [0, 0.1) is 0 Å². The number of phenolic OH excluding ortho intramolecular Hbond substituents is 1. The number of rotatable bonds is 3. The topological polar surface area (TPSA) is 29.5 Å². The molecule has 2 rings (SSSR count). The Hall–Kier alpha value is -1.96. The fraction of sp³-hybridized carbons (Fsp3) is 0.613. The molecule has 2 nitrogen and oxygen atoms in total. The van der Waals surface area contributed by atoms with E-state index in [4.69, 9.17) is 4.74 Å². The predicted octanol–water partition coefficient (Wildman–Crippen LogP) is 8.74. The van der Waals surface area contributed by atoms with E-state index in [1.54, 1.807) is 7.11 Å². The van der Waals surface area contributed by atoms with Crippen molar-refractivity contribution in [3.63, 3.8) is 0 Å². The van der Waals surface area contributed by atoms with Crippen LogP contribution in [0.25, 0.3) is 0 Å². The summed E-state index contributed by atoms with van der Waals surface area (Å²) in [7, 11) is 1.77. The van der Waals surface area contributed by atoms with Gasteiger partial charge in [-0.05, 0) is 38.4 Å². The van der Waals surface area contributed by atoms with Crippen LogP contribution >= 0.6 is 0 Å². The lowest BCUT2D eigenvalue weighted by Gasteiger charge is -2.32. The lowest BCUT2D eigenvalue weighted by Crippen LogP contribution is -2.20. The van der Waals surface area contributed by atoms with E-state index >= 15 is 0 Å². The van der Waals surface area contributed by atoms with Gasteiger partial charge in [0, 0.05) is 22.6 Å². The molecule has 1 unspecified atom stereocenters. The van der Waals surface area contributed by atoms with E-state index in [0.29, 0.717) is 5.75 Å². The van der Waals surface area contributed by atoms with Crippen LogP contribution in [0.3, 0.4) is 0 Å². The number of ether oxygens (including phenoxy) is 1. The van der Waals surface area contributed by atoms with Gasteiger partial charge in [-0.25, -0.2) is 0 Å². The lowest BCUT2D eigenvalue weighted by molar-refractivity contribution is 0.389. The molecular formula is C31H48O2. The highest BCUT2D eigenvalue weighted by Gasteiger charge is 2.31. The highest BCUT2D eigenvalue weighted by Crippen LogP contribution is 2.47. The van der Waals surface area contributed by atoms with E-state index in [9.17, 15) is 5.11 Å². The van der Waals surface area contributed by atoms with Crippen LogP contribution in [-0.4, -0.2) is 12.2 Å². The van der Waals surface area contributed by atoms with Crippen molar-refractivity contribution in [1.29, 1.82) is 0 Å². The van der Waals surface area contributed by atoms with Gasteiger partial charge in [0.05, 0.1) is 7.11 Å². The van der Waals surface area contributed by atoms with Gasteiger partial charge in [-0.2, -0.15) is 0 Å². The Labute approximate surface area is 203 Å². The molecule has 2 aromatic rings. The zero-order valence-electron chi connectivity index (χ0n) is 23.7. The van der Waals surface area contributed by atoms with Crippen molar-refractivity contribution in [1.82, 2.24) is 0 Å². The average Bonchev–Trinajstić information content (AvgIpc) is 2.63. The highest BCUT2D eigenvalue weighted by molar-refractivity contribution is 5.57. The summed E-state index contributed by atoms with van der Waals surface area (Å²) >= 11 is 0. The maximum Gasteiger partial charge on any atom is 0.126 e. The quantitative estimate of drug-likeness (QED) is 0.504. The third-order valence-corrected chi connectivity index (χ3v) is 6.74. The maximum atomic E-state index is 11.5. The van der Waals surface area contributed by atoms with Gasteiger partial charge in [0.2, 0.25) is 0 Å². The molecule has 33 heavy (non-hydrogen) atoms. The van der Waals surface area contributed by atoms with Gasteiger partial charge in [0.1, 0.15) is 11.5 Å². The lowest BCUT2D eigenvalue weighted by atomic mass is 9.74. The van der Waals surface area contributed by atoms with Crippen LogP contribution in [0.2, 0.25) is 0 Å². The molecule has 0 saturated heterocycles. The summed E-state index contributed by atoms with van der Waals surface area (Å²) in [5, 5.41) is 11.5. The Morgan fingerprint density at radius 1 is 0.606 bits per heavy atom. The molecule has 0 aliphatic carbocycles. The monoisotopic (exact) mass is 452 g/mol. The molecule has 0 aromatic heterocycles. The first-order chi connectivity index (χ1) is 14.7. The second-order valence-corrected chi connectivity index (χ2v) is 13.8. The molecule has 2 aromatic carbocycles. The van der Waals surface area contributed by atoms with Crippen LogP contribution in [0.4, 0.5) is 0 Å². The molecule has 1 N–H and O–H groups in total. The van der Waals surface area contributed by atoms with E-state index in [1.165, 1.54) is 16.7 Å². The number of hydrogen-bond donors (Lipinski definition) is 1. The minimum atomic E-state index is -0.159. The van der Waals surface area contributed by atoms with Crippen molar-refractivity contribution in [3.05, 3.63) is 57.6 Å².